The quantitative estimate of drug-likeness (QED) is 0.349. The van der Waals surface area contributed by atoms with E-state index in [1.807, 2.05) is 44.2 Å². The van der Waals surface area contributed by atoms with Crippen molar-refractivity contribution in [2.45, 2.75) is 76.1 Å². The number of piperidine rings is 1. The van der Waals surface area contributed by atoms with E-state index in [-0.39, 0.29) is 37.1 Å². The van der Waals surface area contributed by atoms with E-state index < -0.39 is 38.2 Å². The lowest BCUT2D eigenvalue weighted by Crippen LogP contribution is -2.60. The summed E-state index contributed by atoms with van der Waals surface area (Å²) >= 11 is 12.6. The van der Waals surface area contributed by atoms with Gasteiger partial charge in [0.15, 0.2) is 0 Å². The summed E-state index contributed by atoms with van der Waals surface area (Å²) in [5.74, 6) is -1.81. The topological polar surface area (TPSA) is 104 Å². The maximum atomic E-state index is 14.4. The highest BCUT2D eigenvalue weighted by Crippen LogP contribution is 2.52. The third-order valence-corrected chi connectivity index (χ3v) is 11.1. The molecule has 2 aromatic carbocycles. The second-order valence-corrected chi connectivity index (χ2v) is 15.0. The first-order valence-corrected chi connectivity index (χ1v) is 15.5. The molecule has 2 aromatic rings. The number of carbonyl (C=O) groups excluding carboxylic acids is 1. The largest absolute Gasteiger partial charge is 0.481 e. The molecule has 2 aliphatic rings. The molecular weight excluding hydrogens is 559 g/mol. The maximum Gasteiger partial charge on any atom is 0.304 e. The van der Waals surface area contributed by atoms with Crippen LogP contribution in [-0.2, 0) is 19.6 Å². The molecule has 0 spiro atoms. The predicted octanol–water partition coefficient (Wildman–Crippen LogP) is 6.03. The number of rotatable bonds is 10. The van der Waals surface area contributed by atoms with Crippen molar-refractivity contribution in [2.75, 3.05) is 6.54 Å². The van der Waals surface area contributed by atoms with Gasteiger partial charge in [0.05, 0.1) is 22.6 Å². The van der Waals surface area contributed by atoms with E-state index >= 15 is 0 Å². The van der Waals surface area contributed by atoms with Crippen molar-refractivity contribution < 1.29 is 23.1 Å². The van der Waals surface area contributed by atoms with Crippen LogP contribution in [0.2, 0.25) is 10.0 Å². The molecule has 10 heteroatoms. The van der Waals surface area contributed by atoms with Crippen molar-refractivity contribution in [1.29, 1.82) is 0 Å². The average Bonchev–Trinajstić information content (AvgIpc) is 3.61. The molecule has 2 fully saturated rings. The minimum atomic E-state index is -3.60. The monoisotopic (exact) mass is 594 g/mol. The van der Waals surface area contributed by atoms with E-state index in [2.05, 4.69) is 4.72 Å². The Morgan fingerprint density at radius 2 is 1.72 bits per heavy atom. The van der Waals surface area contributed by atoms with Gasteiger partial charge in [0.25, 0.3) is 0 Å². The smallest absolute Gasteiger partial charge is 0.304 e. The number of hydrogen-bond acceptors (Lipinski definition) is 4. The molecule has 0 radical (unpaired) electrons. The lowest BCUT2D eigenvalue weighted by Gasteiger charge is -2.52. The van der Waals surface area contributed by atoms with Gasteiger partial charge in [-0.1, -0.05) is 68.2 Å². The van der Waals surface area contributed by atoms with Crippen molar-refractivity contribution >= 4 is 45.1 Å². The summed E-state index contributed by atoms with van der Waals surface area (Å²) in [7, 11) is -3.60. The van der Waals surface area contributed by atoms with Crippen molar-refractivity contribution in [3.05, 3.63) is 69.7 Å². The Morgan fingerprint density at radius 3 is 2.26 bits per heavy atom. The summed E-state index contributed by atoms with van der Waals surface area (Å²) in [6, 6.07) is 13.6. The van der Waals surface area contributed by atoms with E-state index in [9.17, 15) is 23.1 Å². The third kappa shape index (κ3) is 6.14. The lowest BCUT2D eigenvalue weighted by atomic mass is 9.66. The Bertz CT molecular complexity index is 1340. The van der Waals surface area contributed by atoms with Gasteiger partial charge in [-0.2, -0.15) is 0 Å². The first-order valence-electron chi connectivity index (χ1n) is 13.2. The maximum absolute atomic E-state index is 14.4. The Morgan fingerprint density at radius 1 is 1.08 bits per heavy atom. The number of benzene rings is 2. The molecule has 1 amide bonds. The van der Waals surface area contributed by atoms with Gasteiger partial charge in [0, 0.05) is 28.5 Å². The molecule has 0 aromatic heterocycles. The van der Waals surface area contributed by atoms with Gasteiger partial charge < -0.3 is 10.0 Å². The van der Waals surface area contributed by atoms with Gasteiger partial charge in [0.2, 0.25) is 15.9 Å². The lowest BCUT2D eigenvalue weighted by molar-refractivity contribution is -0.161. The summed E-state index contributed by atoms with van der Waals surface area (Å²) in [4.78, 5) is 28.1. The number of likely N-dealkylation sites (tertiary alicyclic amines) is 1. The zero-order chi connectivity index (χ0) is 28.8. The molecule has 0 bridgehead atoms. The molecule has 4 unspecified atom stereocenters. The number of carbonyl (C=O) groups is 2. The number of amides is 1. The standard InChI is InChI=1S/C29H36Cl2N2O5S/c1-18(2)24(17-32-39(37,38)29(4)12-13-29)33-26(19-8-10-21(30)11-9-19)23(20-6-5-7-22(31)14-20)15-28(3,27(33)36)16-25(34)35/h5-11,14,18,23-24,26,32H,12-13,15-17H2,1-4H3,(H,34,35). The molecule has 2 N–H and O–H groups in total. The number of sulfonamides is 1. The van der Waals surface area contributed by atoms with Crippen LogP contribution in [0.5, 0.6) is 0 Å². The van der Waals surface area contributed by atoms with Crippen LogP contribution in [0.1, 0.15) is 76.5 Å². The van der Waals surface area contributed by atoms with Gasteiger partial charge >= 0.3 is 5.97 Å². The van der Waals surface area contributed by atoms with Crippen molar-refractivity contribution in [1.82, 2.24) is 9.62 Å². The van der Waals surface area contributed by atoms with Crippen LogP contribution in [-0.4, -0.2) is 47.6 Å². The number of carboxylic acids is 1. The van der Waals surface area contributed by atoms with E-state index in [1.165, 1.54) is 0 Å². The number of carboxylic acid groups (broad SMARTS) is 1. The van der Waals surface area contributed by atoms with Crippen molar-refractivity contribution in [2.24, 2.45) is 11.3 Å². The molecule has 39 heavy (non-hydrogen) atoms. The minimum Gasteiger partial charge on any atom is -0.481 e. The zero-order valence-corrected chi connectivity index (χ0v) is 25.0. The van der Waals surface area contributed by atoms with Gasteiger partial charge in [0.1, 0.15) is 0 Å². The summed E-state index contributed by atoms with van der Waals surface area (Å²) in [6.07, 6.45) is 1.13. The molecule has 1 aliphatic carbocycles. The van der Waals surface area contributed by atoms with Crippen LogP contribution in [0.25, 0.3) is 0 Å². The summed E-state index contributed by atoms with van der Waals surface area (Å²) in [5, 5.41) is 10.9. The Kier molecular flexibility index (Phi) is 8.44. The first-order chi connectivity index (χ1) is 18.2. The fourth-order valence-electron chi connectivity index (χ4n) is 5.71. The number of halogens is 2. The molecule has 1 heterocycles. The van der Waals surface area contributed by atoms with E-state index in [0.29, 0.717) is 22.9 Å². The van der Waals surface area contributed by atoms with Crippen LogP contribution in [0.15, 0.2) is 48.5 Å². The number of hydrogen-bond donors (Lipinski definition) is 2. The SMILES string of the molecule is CC(C)C(CNS(=O)(=O)C1(C)CC1)N1C(=O)C(C)(CC(=O)O)CC(c2cccc(Cl)c2)C1c1ccc(Cl)cc1. The molecule has 1 aliphatic heterocycles. The number of nitrogens with zero attached hydrogens (tertiary/aromatic N) is 1. The van der Waals surface area contributed by atoms with Crippen LogP contribution in [0.4, 0.5) is 0 Å². The normalized spacial score (nSPS) is 25.5. The van der Waals surface area contributed by atoms with E-state index in [0.717, 1.165) is 11.1 Å². The van der Waals surface area contributed by atoms with Crippen LogP contribution < -0.4 is 4.72 Å². The van der Waals surface area contributed by atoms with Gasteiger partial charge in [-0.25, -0.2) is 13.1 Å². The second kappa shape index (κ2) is 11.0. The Balaban J connectivity index is 1.87. The third-order valence-electron chi connectivity index (χ3n) is 8.34. The van der Waals surface area contributed by atoms with Gasteiger partial charge in [-0.05, 0) is 67.5 Å². The van der Waals surface area contributed by atoms with Crippen LogP contribution in [0.3, 0.4) is 0 Å². The van der Waals surface area contributed by atoms with Crippen LogP contribution in [0, 0.1) is 11.3 Å². The van der Waals surface area contributed by atoms with Crippen molar-refractivity contribution in [3.8, 4) is 0 Å². The zero-order valence-electron chi connectivity index (χ0n) is 22.7. The van der Waals surface area contributed by atoms with E-state index in [4.69, 9.17) is 23.2 Å². The molecule has 4 rings (SSSR count). The highest BCUT2D eigenvalue weighted by Gasteiger charge is 2.54. The van der Waals surface area contributed by atoms with Gasteiger partial charge in [-0.3, -0.25) is 9.59 Å². The second-order valence-electron chi connectivity index (χ2n) is 11.8. The van der Waals surface area contributed by atoms with Crippen molar-refractivity contribution in [3.63, 3.8) is 0 Å². The Labute approximate surface area is 240 Å². The molecule has 7 nitrogen and oxygen atoms in total. The summed E-state index contributed by atoms with van der Waals surface area (Å²) in [6.45, 7) is 7.33. The summed E-state index contributed by atoms with van der Waals surface area (Å²) in [5.41, 5.74) is 0.499. The molecular formula is C29H36Cl2N2O5S. The molecule has 4 atom stereocenters. The molecule has 1 saturated heterocycles. The molecule has 212 valence electrons. The fraction of sp³-hybridized carbons (Fsp3) is 0.517. The fourth-order valence-corrected chi connectivity index (χ4v) is 7.42. The van der Waals surface area contributed by atoms with E-state index in [1.54, 1.807) is 36.9 Å². The predicted molar refractivity (Wildman–Crippen MR) is 153 cm³/mol. The highest BCUT2D eigenvalue weighted by molar-refractivity contribution is 7.91. The molecule has 1 saturated carbocycles. The minimum absolute atomic E-state index is 0.0246. The first kappa shape index (κ1) is 29.8. The number of nitrogens with one attached hydrogen (secondary N) is 1. The Hall–Kier alpha value is -2.13. The average molecular weight is 596 g/mol. The highest BCUT2D eigenvalue weighted by atomic mass is 35.5. The van der Waals surface area contributed by atoms with Gasteiger partial charge in [-0.15, -0.1) is 0 Å². The summed E-state index contributed by atoms with van der Waals surface area (Å²) < 4.78 is 28.1. The number of aliphatic carboxylic acids is 1. The van der Waals surface area contributed by atoms with Crippen LogP contribution >= 0.6 is 23.2 Å².